The second-order valence-electron chi connectivity index (χ2n) is 19.7. The van der Waals surface area contributed by atoms with E-state index in [1.165, 1.54) is 0 Å². The van der Waals surface area contributed by atoms with Crippen LogP contribution in [0.4, 0.5) is 0 Å². The van der Waals surface area contributed by atoms with Crippen LogP contribution in [0.5, 0.6) is 0 Å². The highest BCUT2D eigenvalue weighted by Gasteiger charge is 2.49. The van der Waals surface area contributed by atoms with Gasteiger partial charge in [-0.3, -0.25) is 9.59 Å². The minimum absolute atomic E-state index is 0.0221. The van der Waals surface area contributed by atoms with Crippen molar-refractivity contribution in [2.45, 2.75) is 170 Å². The summed E-state index contributed by atoms with van der Waals surface area (Å²) in [6, 6.07) is 11.7. The van der Waals surface area contributed by atoms with Crippen LogP contribution < -0.4 is 0 Å². The SMILES string of the molecule is C=CC(=O)OCCOC1CCC(C(=O)OC2CCC(OC(=O)c3cccc4c3C3(CC4)CCc4cccc(C(=O)OC5CCC(OC(=O)C6CCC(OCCOC(=O)C=C)CC6)CC5)c43)CC2)CC1. The quantitative estimate of drug-likeness (QED) is 0.0602. The Morgan fingerprint density at radius 1 is 0.464 bits per heavy atom. The molecule has 2 aromatic carbocycles. The number of rotatable bonds is 18. The largest absolute Gasteiger partial charge is 0.462 e. The van der Waals surface area contributed by atoms with Gasteiger partial charge in [0.05, 0.1) is 48.4 Å². The number of carbonyl (C=O) groups excluding carboxylic acids is 6. The summed E-state index contributed by atoms with van der Waals surface area (Å²) in [4.78, 5) is 77.2. The normalized spacial score (nSPS) is 28.3. The van der Waals surface area contributed by atoms with Crippen LogP contribution in [0.2, 0.25) is 0 Å². The van der Waals surface area contributed by atoms with E-state index in [0.29, 0.717) is 101 Å². The highest BCUT2D eigenvalue weighted by atomic mass is 16.6. The lowest BCUT2D eigenvalue weighted by Gasteiger charge is -2.33. The molecule has 6 aliphatic rings. The zero-order chi connectivity index (χ0) is 48.3. The molecule has 69 heavy (non-hydrogen) atoms. The Morgan fingerprint density at radius 2 is 0.812 bits per heavy atom. The predicted octanol–water partition coefficient (Wildman–Crippen LogP) is 8.50. The molecule has 14 nitrogen and oxygen atoms in total. The van der Waals surface area contributed by atoms with Crippen LogP contribution in [0.15, 0.2) is 61.7 Å². The lowest BCUT2D eigenvalue weighted by Crippen LogP contribution is -2.34. The average molecular weight is 953 g/mol. The lowest BCUT2D eigenvalue weighted by atomic mass is 9.73. The smallest absolute Gasteiger partial charge is 0.338 e. The Kier molecular flexibility index (Phi) is 17.1. The van der Waals surface area contributed by atoms with Crippen LogP contribution in [-0.4, -0.2) is 98.9 Å². The Labute approximate surface area is 405 Å². The number of hydrogen-bond acceptors (Lipinski definition) is 14. The number of hydrogen-bond donors (Lipinski definition) is 0. The average Bonchev–Trinajstić information content (AvgIpc) is 3.96. The van der Waals surface area contributed by atoms with Gasteiger partial charge >= 0.3 is 35.8 Å². The zero-order valence-electron chi connectivity index (χ0n) is 39.8. The molecule has 372 valence electrons. The molecule has 0 atom stereocenters. The molecule has 8 rings (SSSR count). The van der Waals surface area contributed by atoms with Crippen molar-refractivity contribution in [3.8, 4) is 0 Å². The van der Waals surface area contributed by atoms with Gasteiger partial charge < -0.3 is 37.9 Å². The van der Waals surface area contributed by atoms with Gasteiger partial charge in [-0.2, -0.15) is 0 Å². The van der Waals surface area contributed by atoms with E-state index in [2.05, 4.69) is 25.3 Å². The van der Waals surface area contributed by atoms with Crippen molar-refractivity contribution in [2.75, 3.05) is 26.4 Å². The molecule has 0 N–H and O–H groups in total. The minimum Gasteiger partial charge on any atom is -0.462 e. The van der Waals surface area contributed by atoms with Crippen LogP contribution in [0.3, 0.4) is 0 Å². The van der Waals surface area contributed by atoms with Gasteiger partial charge in [-0.05, 0) is 163 Å². The highest BCUT2D eigenvalue weighted by Crippen LogP contribution is 2.55. The molecule has 0 radical (unpaired) electrons. The summed E-state index contributed by atoms with van der Waals surface area (Å²) < 4.78 is 46.1. The highest BCUT2D eigenvalue weighted by molar-refractivity contribution is 5.96. The molecule has 6 aliphatic carbocycles. The topological polar surface area (TPSA) is 176 Å². The first-order chi connectivity index (χ1) is 33.5. The first-order valence-electron chi connectivity index (χ1n) is 25.4. The van der Waals surface area contributed by atoms with Gasteiger partial charge in [0.1, 0.15) is 37.6 Å². The molecule has 0 unspecified atom stereocenters. The van der Waals surface area contributed by atoms with Crippen molar-refractivity contribution >= 4 is 35.8 Å². The maximum atomic E-state index is 14.2. The zero-order valence-corrected chi connectivity index (χ0v) is 39.8. The summed E-state index contributed by atoms with van der Waals surface area (Å²) >= 11 is 0. The molecule has 14 heteroatoms. The summed E-state index contributed by atoms with van der Waals surface area (Å²) in [5.74, 6) is -2.37. The molecule has 0 amide bonds. The van der Waals surface area contributed by atoms with E-state index in [0.717, 1.165) is 85.8 Å². The van der Waals surface area contributed by atoms with Crippen LogP contribution in [-0.2, 0) is 75.3 Å². The van der Waals surface area contributed by atoms with Crippen molar-refractivity contribution in [1.82, 2.24) is 0 Å². The van der Waals surface area contributed by atoms with Gasteiger partial charge in [0.15, 0.2) is 0 Å². The minimum atomic E-state index is -0.523. The number of aryl methyl sites for hydroxylation is 2. The third-order valence-electron chi connectivity index (χ3n) is 15.4. The Hall–Kier alpha value is -5.34. The van der Waals surface area contributed by atoms with Crippen molar-refractivity contribution < 1.29 is 66.7 Å². The van der Waals surface area contributed by atoms with Gasteiger partial charge in [0.2, 0.25) is 0 Å². The second-order valence-corrected chi connectivity index (χ2v) is 19.7. The van der Waals surface area contributed by atoms with Gasteiger partial charge in [-0.1, -0.05) is 37.4 Å². The second kappa shape index (κ2) is 23.5. The monoisotopic (exact) mass is 952 g/mol. The Bertz CT molecular complexity index is 2030. The van der Waals surface area contributed by atoms with Crippen LogP contribution in [0.25, 0.3) is 0 Å². The molecule has 2 aromatic rings. The summed E-state index contributed by atoms with van der Waals surface area (Å²) in [6.07, 6.45) is 14.9. The van der Waals surface area contributed by atoms with Crippen LogP contribution in [0.1, 0.15) is 159 Å². The van der Waals surface area contributed by atoms with E-state index in [1.807, 2.05) is 24.3 Å². The van der Waals surface area contributed by atoms with Crippen molar-refractivity contribution in [3.63, 3.8) is 0 Å². The van der Waals surface area contributed by atoms with Crippen molar-refractivity contribution in [1.29, 1.82) is 0 Å². The molecular weight excluding hydrogens is 885 g/mol. The maximum absolute atomic E-state index is 14.2. The fraction of sp³-hybridized carbons (Fsp3) is 0.600. The van der Waals surface area contributed by atoms with Gasteiger partial charge in [-0.15, -0.1) is 0 Å². The predicted molar refractivity (Wildman–Crippen MR) is 251 cm³/mol. The molecule has 0 bridgehead atoms. The molecule has 4 fully saturated rings. The fourth-order valence-corrected chi connectivity index (χ4v) is 11.8. The van der Waals surface area contributed by atoms with Crippen molar-refractivity contribution in [3.05, 3.63) is 95.1 Å². The van der Waals surface area contributed by atoms with Crippen molar-refractivity contribution in [2.24, 2.45) is 11.8 Å². The Balaban J connectivity index is 0.800. The molecular formula is C55H68O14. The van der Waals surface area contributed by atoms with E-state index in [1.54, 1.807) is 0 Å². The third-order valence-corrected chi connectivity index (χ3v) is 15.4. The molecule has 0 aliphatic heterocycles. The summed E-state index contributed by atoms with van der Waals surface area (Å²) in [6.45, 7) is 7.72. The van der Waals surface area contributed by atoms with Gasteiger partial charge in [0, 0.05) is 17.6 Å². The van der Waals surface area contributed by atoms with E-state index < -0.39 is 17.4 Å². The van der Waals surface area contributed by atoms with Crippen LogP contribution in [0, 0.1) is 11.8 Å². The van der Waals surface area contributed by atoms with Crippen LogP contribution >= 0.6 is 0 Å². The van der Waals surface area contributed by atoms with E-state index >= 15 is 0 Å². The number of benzene rings is 2. The van der Waals surface area contributed by atoms with Gasteiger partial charge in [-0.25, -0.2) is 19.2 Å². The lowest BCUT2D eigenvalue weighted by molar-refractivity contribution is -0.159. The third kappa shape index (κ3) is 12.3. The molecule has 0 saturated heterocycles. The summed E-state index contributed by atoms with van der Waals surface area (Å²) in [7, 11) is 0. The maximum Gasteiger partial charge on any atom is 0.338 e. The first kappa shape index (κ1) is 50.1. The first-order valence-corrected chi connectivity index (χ1v) is 25.4. The van der Waals surface area contributed by atoms with E-state index in [9.17, 15) is 28.8 Å². The van der Waals surface area contributed by atoms with E-state index in [4.69, 9.17) is 37.9 Å². The Morgan fingerprint density at radius 3 is 1.17 bits per heavy atom. The molecule has 1 spiro atoms. The molecule has 4 saturated carbocycles. The number of carbonyl (C=O) groups is 6. The molecule has 0 heterocycles. The number of esters is 6. The summed E-state index contributed by atoms with van der Waals surface area (Å²) in [5, 5.41) is 0. The fourth-order valence-electron chi connectivity index (χ4n) is 11.8. The number of fused-ring (bicyclic) bond motifs is 4. The summed E-state index contributed by atoms with van der Waals surface area (Å²) in [5.41, 5.74) is 4.69. The number of ether oxygens (including phenoxy) is 8. The molecule has 0 aromatic heterocycles. The van der Waals surface area contributed by atoms with E-state index in [-0.39, 0.29) is 85.6 Å². The standard InChI is InChI=1S/C55H68O14/c1-3-47(56)64-33-31-62-39-15-11-37(12-16-39)51(58)66-41-19-23-43(24-20-41)68-53(60)45-9-5-7-35-27-29-55(49(35)45)30-28-36-8-6-10-46(50(36)55)54(61)69-44-25-21-42(22-26-44)67-52(59)38-13-17-40(18-14-38)63-32-34-65-48(57)4-2/h3-10,37-44H,1-2,11-34H2. The van der Waals surface area contributed by atoms with Gasteiger partial charge in [0.25, 0.3) is 0 Å².